The molecule has 0 bridgehead atoms. The number of carbonyl (C=O) groups excluding carboxylic acids is 3. The second-order valence-electron chi connectivity index (χ2n) is 7.71. The normalized spacial score (nSPS) is 14.3. The zero-order chi connectivity index (χ0) is 22.8. The van der Waals surface area contributed by atoms with Gasteiger partial charge in [-0.15, -0.1) is 5.75 Å². The lowest BCUT2D eigenvalue weighted by Crippen LogP contribution is -2.42. The van der Waals surface area contributed by atoms with Gasteiger partial charge in [0.2, 0.25) is 5.91 Å². The molecule has 0 heterocycles. The number of nitrogens with one attached hydrogen (secondary N) is 3. The Balaban J connectivity index is 3.96. The van der Waals surface area contributed by atoms with Crippen LogP contribution in [0.1, 0.15) is 71.6 Å². The van der Waals surface area contributed by atoms with E-state index < -0.39 is 8.01 Å². The summed E-state index contributed by atoms with van der Waals surface area (Å²) in [6, 6.07) is -0.423. The fourth-order valence-corrected chi connectivity index (χ4v) is 4.05. The van der Waals surface area contributed by atoms with E-state index in [2.05, 4.69) is 22.9 Å². The highest BCUT2D eigenvalue weighted by atomic mass is 33.1. The average Bonchev–Trinajstić information content (AvgIpc) is 2.71. The minimum atomic E-state index is -0.437. The van der Waals surface area contributed by atoms with Crippen LogP contribution >= 0.6 is 0 Å². The Labute approximate surface area is 193 Å². The van der Waals surface area contributed by atoms with Crippen LogP contribution in [0.5, 0.6) is 0 Å². The molecule has 0 saturated carbocycles. The SMILES string of the molecule is CCC[C@H](C=O)CCCCNC(=O)[C@H](CCCCC(=O)C(C)NCC[S-](=S)=S)NC. The van der Waals surface area contributed by atoms with Crippen molar-refractivity contribution in [1.82, 2.24) is 16.0 Å². The molecule has 176 valence electrons. The number of rotatable bonds is 20. The van der Waals surface area contributed by atoms with Crippen molar-refractivity contribution in [1.29, 1.82) is 0 Å². The molecule has 9 heteroatoms. The number of unbranched alkanes of at least 4 members (excludes halogenated alkanes) is 2. The Morgan fingerprint density at radius 2 is 1.73 bits per heavy atom. The summed E-state index contributed by atoms with van der Waals surface area (Å²) in [5.74, 6) is 1.07. The molecule has 0 aromatic rings. The molecule has 0 aliphatic carbocycles. The predicted octanol–water partition coefficient (Wildman–Crippen LogP) is 2.13. The van der Waals surface area contributed by atoms with Crippen LogP contribution in [0.3, 0.4) is 0 Å². The van der Waals surface area contributed by atoms with Gasteiger partial charge < -0.3 is 28.8 Å². The molecule has 0 fully saturated rings. The van der Waals surface area contributed by atoms with E-state index in [0.29, 0.717) is 25.9 Å². The van der Waals surface area contributed by atoms with Crippen molar-refractivity contribution in [3.63, 3.8) is 0 Å². The van der Waals surface area contributed by atoms with Crippen LogP contribution in [0.15, 0.2) is 0 Å². The summed E-state index contributed by atoms with van der Waals surface area (Å²) < 4.78 is 0. The number of likely N-dealkylation sites (N-methyl/N-ethyl adjacent to an activating group) is 1. The average molecular weight is 479 g/mol. The second kappa shape index (κ2) is 19.2. The van der Waals surface area contributed by atoms with Gasteiger partial charge in [-0.2, -0.15) is 0 Å². The standard InChI is InChI=1S/C21H40N3O3S3/c1-4-9-18(16-25)10-7-8-13-24-21(27)19(22-3)11-5-6-12-20(26)17(2)23-14-15-30(28)29/h16-19,22-23H,4-15H2,1-3H3,(H,24,27)/q-1/t17?,18-,19-/m0/s1. The second-order valence-corrected chi connectivity index (χ2v) is 11.8. The summed E-state index contributed by atoms with van der Waals surface area (Å²) in [4.78, 5) is 35.4. The minimum absolute atomic E-state index is 0.00238. The highest BCUT2D eigenvalue weighted by molar-refractivity contribution is 8.46. The van der Waals surface area contributed by atoms with Crippen LogP contribution in [0, 0.1) is 5.92 Å². The molecule has 0 spiro atoms. The number of amides is 1. The van der Waals surface area contributed by atoms with Crippen LogP contribution in [-0.2, 0) is 44.8 Å². The third-order valence-electron chi connectivity index (χ3n) is 5.19. The molecule has 0 aliphatic rings. The molecule has 0 radical (unpaired) electrons. The fraction of sp³-hybridized carbons (Fsp3) is 0.857. The Hall–Kier alpha value is -0.480. The van der Waals surface area contributed by atoms with E-state index in [1.54, 1.807) is 7.05 Å². The lowest BCUT2D eigenvalue weighted by Gasteiger charge is -2.17. The van der Waals surface area contributed by atoms with Gasteiger partial charge in [-0.3, -0.25) is 32.0 Å². The topological polar surface area (TPSA) is 87.3 Å². The maximum absolute atomic E-state index is 12.3. The predicted molar refractivity (Wildman–Crippen MR) is 132 cm³/mol. The lowest BCUT2D eigenvalue weighted by molar-refractivity contribution is -0.123. The molecule has 0 saturated heterocycles. The van der Waals surface area contributed by atoms with Gasteiger partial charge in [0.15, 0.2) is 0 Å². The zero-order valence-corrected chi connectivity index (χ0v) is 21.2. The largest absolute Gasteiger partial charge is 0.355 e. The van der Waals surface area contributed by atoms with Gasteiger partial charge in [0.25, 0.3) is 0 Å². The zero-order valence-electron chi connectivity index (χ0n) is 18.7. The van der Waals surface area contributed by atoms with Crippen molar-refractivity contribution >= 4 is 48.4 Å². The Morgan fingerprint density at radius 3 is 2.33 bits per heavy atom. The summed E-state index contributed by atoms with van der Waals surface area (Å²) in [5.41, 5.74) is 0. The number of hydrogen-bond acceptors (Lipinski definition) is 8. The van der Waals surface area contributed by atoms with Crippen LogP contribution in [0.4, 0.5) is 0 Å². The minimum Gasteiger partial charge on any atom is -0.355 e. The number of aldehydes is 1. The Morgan fingerprint density at radius 1 is 1.03 bits per heavy atom. The number of hydrogen-bond donors (Lipinski definition) is 3. The first-order valence-corrected chi connectivity index (χ1v) is 14.3. The van der Waals surface area contributed by atoms with Crippen molar-refractivity contribution in [2.24, 2.45) is 5.92 Å². The molecule has 0 aromatic carbocycles. The molecule has 0 aliphatic heterocycles. The van der Waals surface area contributed by atoms with Crippen molar-refractivity contribution in [3.05, 3.63) is 0 Å². The van der Waals surface area contributed by atoms with Crippen molar-refractivity contribution in [2.45, 2.75) is 83.7 Å². The van der Waals surface area contributed by atoms with E-state index >= 15 is 0 Å². The molecular weight excluding hydrogens is 438 g/mol. The Kier molecular flexibility index (Phi) is 18.9. The molecule has 3 atom stereocenters. The molecule has 1 amide bonds. The number of ketones is 1. The molecule has 30 heavy (non-hydrogen) atoms. The number of Topliss-reactive ketones (excluding diaryl/α,β-unsaturated/α-hetero) is 1. The maximum atomic E-state index is 12.3. The quantitative estimate of drug-likeness (QED) is 0.140. The van der Waals surface area contributed by atoms with Gasteiger partial charge in [-0.25, -0.2) is 0 Å². The molecule has 0 aromatic heterocycles. The van der Waals surface area contributed by atoms with Gasteiger partial charge >= 0.3 is 0 Å². The molecule has 3 N–H and O–H groups in total. The molecule has 6 nitrogen and oxygen atoms in total. The first-order valence-electron chi connectivity index (χ1n) is 11.1. The molecule has 1 unspecified atom stereocenters. The highest BCUT2D eigenvalue weighted by Gasteiger charge is 2.16. The highest BCUT2D eigenvalue weighted by Crippen LogP contribution is 2.12. The lowest BCUT2D eigenvalue weighted by atomic mass is 9.99. The van der Waals surface area contributed by atoms with Crippen LogP contribution in [0.2, 0.25) is 0 Å². The van der Waals surface area contributed by atoms with Gasteiger partial charge in [0.1, 0.15) is 12.1 Å². The van der Waals surface area contributed by atoms with E-state index in [1.165, 1.54) is 0 Å². The monoisotopic (exact) mass is 478 g/mol. The smallest absolute Gasteiger partial charge is 0.237 e. The third-order valence-corrected chi connectivity index (χ3v) is 6.72. The summed E-state index contributed by atoms with van der Waals surface area (Å²) in [5, 5.41) is 9.21. The van der Waals surface area contributed by atoms with Crippen LogP contribution in [0.25, 0.3) is 0 Å². The molecular formula is C21H40N3O3S3-. The van der Waals surface area contributed by atoms with Gasteiger partial charge in [0, 0.05) is 18.9 Å². The van der Waals surface area contributed by atoms with Crippen LogP contribution < -0.4 is 16.0 Å². The summed E-state index contributed by atoms with van der Waals surface area (Å²) in [6.45, 7) is 5.27. The van der Waals surface area contributed by atoms with Gasteiger partial charge in [0.05, 0.1) is 12.1 Å². The van der Waals surface area contributed by atoms with E-state index in [9.17, 15) is 14.4 Å². The fourth-order valence-electron chi connectivity index (χ4n) is 3.26. The van der Waals surface area contributed by atoms with E-state index in [-0.39, 0.29) is 29.7 Å². The van der Waals surface area contributed by atoms with Crippen molar-refractivity contribution in [2.75, 3.05) is 25.9 Å². The summed E-state index contributed by atoms with van der Waals surface area (Å²) >= 11 is 9.94. The van der Waals surface area contributed by atoms with Crippen LogP contribution in [-0.4, -0.2) is 56.0 Å². The van der Waals surface area contributed by atoms with Crippen molar-refractivity contribution < 1.29 is 14.4 Å². The first kappa shape index (κ1) is 29.5. The number of carbonyl (C=O) groups is 3. The summed E-state index contributed by atoms with van der Waals surface area (Å²) in [7, 11) is 1.35. The third kappa shape index (κ3) is 15.3. The van der Waals surface area contributed by atoms with Gasteiger partial charge in [-0.05, 0) is 52.6 Å². The van der Waals surface area contributed by atoms with E-state index in [1.807, 2.05) is 6.92 Å². The maximum Gasteiger partial charge on any atom is 0.237 e. The molecule has 0 rings (SSSR count). The van der Waals surface area contributed by atoms with Crippen molar-refractivity contribution in [3.8, 4) is 0 Å². The summed E-state index contributed by atoms with van der Waals surface area (Å²) in [6.07, 6.45) is 8.55. The van der Waals surface area contributed by atoms with E-state index in [4.69, 9.17) is 22.4 Å². The Bertz CT molecular complexity index is 563. The first-order chi connectivity index (χ1) is 14.3. The van der Waals surface area contributed by atoms with E-state index in [0.717, 1.165) is 57.0 Å². The van der Waals surface area contributed by atoms with Gasteiger partial charge in [-0.1, -0.05) is 26.2 Å².